The first kappa shape index (κ1) is 21.3. The van der Waals surface area contributed by atoms with Crippen molar-refractivity contribution in [2.24, 2.45) is 5.92 Å². The van der Waals surface area contributed by atoms with E-state index in [1.807, 2.05) is 41.5 Å². The molecule has 1 N–H and O–H groups in total. The number of nitrogens with zero attached hydrogens (tertiary/aromatic N) is 2. The second-order valence-corrected chi connectivity index (χ2v) is 8.32. The van der Waals surface area contributed by atoms with Crippen molar-refractivity contribution < 1.29 is 14.3 Å². The van der Waals surface area contributed by atoms with Gasteiger partial charge in [0.15, 0.2) is 0 Å². The maximum Gasteiger partial charge on any atom is 0.225 e. The van der Waals surface area contributed by atoms with E-state index in [4.69, 9.17) is 4.74 Å². The number of hydrogen-bond acceptors (Lipinski definition) is 5. The first-order valence-corrected chi connectivity index (χ1v) is 11.0. The Bertz CT molecular complexity index is 851. The molecule has 29 heavy (non-hydrogen) atoms. The quantitative estimate of drug-likeness (QED) is 0.711. The normalized spacial score (nSPS) is 19.3. The summed E-state index contributed by atoms with van der Waals surface area (Å²) >= 11 is 1.54. The molecule has 7 heteroatoms. The molecule has 1 aromatic carbocycles. The molecule has 1 fully saturated rings. The average Bonchev–Trinajstić information content (AvgIpc) is 3.16. The lowest BCUT2D eigenvalue weighted by molar-refractivity contribution is -0.143. The molecule has 0 bridgehead atoms. The summed E-state index contributed by atoms with van der Waals surface area (Å²) in [6.07, 6.45) is 2.82. The fourth-order valence-electron chi connectivity index (χ4n) is 3.89. The van der Waals surface area contributed by atoms with Gasteiger partial charge in [-0.05, 0) is 25.8 Å². The number of carbonyl (C=O) groups excluding carboxylic acids is 2. The molecule has 1 aromatic heterocycles. The fraction of sp³-hybridized carbons (Fsp3) is 0.500. The summed E-state index contributed by atoms with van der Waals surface area (Å²) in [5.74, 6) is 0.459. The molecule has 3 rings (SSSR count). The van der Waals surface area contributed by atoms with Crippen molar-refractivity contribution in [3.8, 4) is 5.75 Å². The predicted molar refractivity (Wildman–Crippen MR) is 114 cm³/mol. The Morgan fingerprint density at radius 1 is 1.38 bits per heavy atom. The molecular formula is C22H29N3O3S. The monoisotopic (exact) mass is 415 g/mol. The number of thiazole rings is 1. The highest BCUT2D eigenvalue weighted by molar-refractivity contribution is 7.09. The van der Waals surface area contributed by atoms with E-state index in [1.54, 1.807) is 18.4 Å². The number of rotatable bonds is 8. The van der Waals surface area contributed by atoms with Gasteiger partial charge in [0.1, 0.15) is 10.8 Å². The molecule has 2 heterocycles. The molecule has 2 amide bonds. The number of carbonyl (C=O) groups is 2. The molecule has 0 radical (unpaired) electrons. The van der Waals surface area contributed by atoms with Crippen LogP contribution in [0, 0.1) is 12.8 Å². The Morgan fingerprint density at radius 2 is 2.17 bits per heavy atom. The molecule has 2 aromatic rings. The largest absolute Gasteiger partial charge is 0.496 e. The van der Waals surface area contributed by atoms with Crippen LogP contribution in [0.25, 0.3) is 0 Å². The second kappa shape index (κ2) is 9.87. The van der Waals surface area contributed by atoms with Crippen molar-refractivity contribution in [3.63, 3.8) is 0 Å². The van der Waals surface area contributed by atoms with Crippen LogP contribution in [0.3, 0.4) is 0 Å². The Hall–Kier alpha value is -2.41. The number of nitrogens with one attached hydrogen (secondary N) is 1. The number of hydrogen-bond donors (Lipinski definition) is 1. The minimum atomic E-state index is -0.322. The number of methoxy groups -OCH3 is 1. The van der Waals surface area contributed by atoms with Crippen molar-refractivity contribution >= 4 is 23.2 Å². The predicted octanol–water partition coefficient (Wildman–Crippen LogP) is 3.86. The van der Waals surface area contributed by atoms with Crippen LogP contribution in [0.2, 0.25) is 0 Å². The van der Waals surface area contributed by atoms with E-state index >= 15 is 0 Å². The van der Waals surface area contributed by atoms with Crippen LogP contribution in [-0.4, -0.2) is 35.4 Å². The summed E-state index contributed by atoms with van der Waals surface area (Å²) in [5, 5.41) is 5.91. The van der Waals surface area contributed by atoms with Gasteiger partial charge >= 0.3 is 0 Å². The number of piperidine rings is 1. The summed E-state index contributed by atoms with van der Waals surface area (Å²) in [6.45, 7) is 5.10. The molecule has 1 aliphatic heterocycles. The number of aromatic nitrogens is 1. The van der Waals surface area contributed by atoms with Gasteiger partial charge in [0.25, 0.3) is 0 Å². The van der Waals surface area contributed by atoms with Crippen LogP contribution in [-0.2, 0) is 16.1 Å². The third-order valence-electron chi connectivity index (χ3n) is 5.33. The highest BCUT2D eigenvalue weighted by Crippen LogP contribution is 2.40. The maximum atomic E-state index is 13.2. The van der Waals surface area contributed by atoms with Crippen LogP contribution in [0.1, 0.15) is 54.9 Å². The zero-order valence-corrected chi connectivity index (χ0v) is 18.1. The number of aryl methyl sites for hydroxylation is 1. The summed E-state index contributed by atoms with van der Waals surface area (Å²) in [4.78, 5) is 32.3. The van der Waals surface area contributed by atoms with Gasteiger partial charge in [0.2, 0.25) is 11.8 Å². The van der Waals surface area contributed by atoms with E-state index in [1.165, 1.54) is 0 Å². The minimum absolute atomic E-state index is 0.0391. The zero-order chi connectivity index (χ0) is 20.8. The lowest BCUT2D eigenvalue weighted by Crippen LogP contribution is -2.48. The summed E-state index contributed by atoms with van der Waals surface area (Å²) in [5.41, 5.74) is 1.85. The van der Waals surface area contributed by atoms with Crippen molar-refractivity contribution in [2.45, 2.75) is 52.1 Å². The lowest BCUT2D eigenvalue weighted by Gasteiger charge is -2.41. The Morgan fingerprint density at radius 3 is 2.86 bits per heavy atom. The topological polar surface area (TPSA) is 71.5 Å². The van der Waals surface area contributed by atoms with Crippen molar-refractivity contribution in [3.05, 3.63) is 45.9 Å². The number of likely N-dealkylation sites (tertiary alicyclic amines) is 1. The molecule has 0 saturated carbocycles. The highest BCUT2D eigenvalue weighted by atomic mass is 32.1. The van der Waals surface area contributed by atoms with Crippen molar-refractivity contribution in [1.82, 2.24) is 15.2 Å². The standard InChI is InChI=1S/C22H29N3O3S/c1-4-5-12-25-20(26)11-10-17(21(25)16-8-6-7-9-18(16)28-3)22(27)23-13-19-24-15(2)14-29-19/h6-9,14,17,21H,4-5,10-13H2,1-3H3,(H,23,27)/t17-,21+/m0/s1. The molecule has 156 valence electrons. The highest BCUT2D eigenvalue weighted by Gasteiger charge is 2.41. The fourth-order valence-corrected chi connectivity index (χ4v) is 4.60. The van der Waals surface area contributed by atoms with Gasteiger partial charge in [-0.3, -0.25) is 9.59 Å². The molecule has 2 atom stereocenters. The van der Waals surface area contributed by atoms with Crippen molar-refractivity contribution in [2.75, 3.05) is 13.7 Å². The summed E-state index contributed by atoms with van der Waals surface area (Å²) in [7, 11) is 1.62. The SMILES string of the molecule is CCCCN1C(=O)CC[C@H](C(=O)NCc2nc(C)cs2)[C@H]1c1ccccc1OC. The zero-order valence-electron chi connectivity index (χ0n) is 17.3. The number of para-hydroxylation sites is 1. The van der Waals surface area contributed by atoms with Gasteiger partial charge in [-0.15, -0.1) is 11.3 Å². The van der Waals surface area contributed by atoms with Gasteiger partial charge in [-0.2, -0.15) is 0 Å². The minimum Gasteiger partial charge on any atom is -0.496 e. The van der Waals surface area contributed by atoms with E-state index < -0.39 is 0 Å². The van der Waals surface area contributed by atoms with Gasteiger partial charge in [-0.25, -0.2) is 4.98 Å². The third kappa shape index (κ3) is 4.96. The number of amides is 2. The number of ether oxygens (including phenoxy) is 1. The molecule has 0 aliphatic carbocycles. The van der Waals surface area contributed by atoms with E-state index in [0.29, 0.717) is 31.7 Å². The van der Waals surface area contributed by atoms with Gasteiger partial charge < -0.3 is 15.0 Å². The van der Waals surface area contributed by atoms with Crippen LogP contribution in [0.4, 0.5) is 0 Å². The number of unbranched alkanes of at least 4 members (excludes halogenated alkanes) is 1. The molecule has 0 unspecified atom stereocenters. The van der Waals surface area contributed by atoms with E-state index in [0.717, 1.165) is 29.1 Å². The lowest BCUT2D eigenvalue weighted by atomic mass is 9.83. The van der Waals surface area contributed by atoms with Crippen LogP contribution >= 0.6 is 11.3 Å². The first-order chi connectivity index (χ1) is 14.0. The second-order valence-electron chi connectivity index (χ2n) is 7.37. The summed E-state index contributed by atoms with van der Waals surface area (Å²) in [6, 6.07) is 7.37. The average molecular weight is 416 g/mol. The third-order valence-corrected chi connectivity index (χ3v) is 6.30. The van der Waals surface area contributed by atoms with Gasteiger partial charge in [0.05, 0.1) is 25.6 Å². The molecule has 1 aliphatic rings. The molecule has 6 nitrogen and oxygen atoms in total. The smallest absolute Gasteiger partial charge is 0.225 e. The van der Waals surface area contributed by atoms with E-state index in [9.17, 15) is 9.59 Å². The van der Waals surface area contributed by atoms with E-state index in [-0.39, 0.29) is 23.8 Å². The van der Waals surface area contributed by atoms with Crippen LogP contribution in [0.5, 0.6) is 5.75 Å². The number of benzene rings is 1. The van der Waals surface area contributed by atoms with Gasteiger partial charge in [0, 0.05) is 29.6 Å². The maximum absolute atomic E-state index is 13.2. The Kier molecular flexibility index (Phi) is 7.25. The molecular weight excluding hydrogens is 386 g/mol. The molecule has 0 spiro atoms. The van der Waals surface area contributed by atoms with E-state index in [2.05, 4.69) is 17.2 Å². The Balaban J connectivity index is 1.87. The Labute approximate surface area is 176 Å². The van der Waals surface area contributed by atoms with Crippen molar-refractivity contribution in [1.29, 1.82) is 0 Å². The van der Waals surface area contributed by atoms with Gasteiger partial charge in [-0.1, -0.05) is 31.5 Å². The van der Waals surface area contributed by atoms with Crippen LogP contribution in [0.15, 0.2) is 29.6 Å². The van der Waals surface area contributed by atoms with Crippen LogP contribution < -0.4 is 10.1 Å². The first-order valence-electron chi connectivity index (χ1n) is 10.2. The summed E-state index contributed by atoms with van der Waals surface area (Å²) < 4.78 is 5.57. The molecule has 1 saturated heterocycles.